The lowest BCUT2D eigenvalue weighted by atomic mass is 10.1. The Kier molecular flexibility index (Phi) is 5.75. The first-order chi connectivity index (χ1) is 14.0. The zero-order chi connectivity index (χ0) is 20.4. The molecular formula is C19H16Cl2FN5O2. The van der Waals surface area contributed by atoms with Gasteiger partial charge >= 0.3 is 0 Å². The number of ether oxygens (including phenoxy) is 1. The topological polar surface area (TPSA) is 73.1 Å². The molecule has 3 aromatic rings. The Morgan fingerprint density at radius 2 is 2.00 bits per heavy atom. The van der Waals surface area contributed by atoms with Crippen molar-refractivity contribution in [2.24, 2.45) is 0 Å². The third-order valence-electron chi connectivity index (χ3n) is 4.57. The van der Waals surface area contributed by atoms with E-state index in [1.165, 1.54) is 16.9 Å². The Morgan fingerprint density at radius 3 is 2.79 bits per heavy atom. The molecule has 1 aliphatic heterocycles. The van der Waals surface area contributed by atoms with Crippen molar-refractivity contribution in [2.75, 3.05) is 19.7 Å². The highest BCUT2D eigenvalue weighted by Gasteiger charge is 2.28. The summed E-state index contributed by atoms with van der Waals surface area (Å²) in [5.74, 6) is -0.332. The Hall–Kier alpha value is -2.55. The van der Waals surface area contributed by atoms with E-state index in [1.54, 1.807) is 4.90 Å². The van der Waals surface area contributed by atoms with E-state index in [9.17, 15) is 9.18 Å². The summed E-state index contributed by atoms with van der Waals surface area (Å²) < 4.78 is 19.5. The molecule has 0 N–H and O–H groups in total. The molecule has 1 unspecified atom stereocenters. The van der Waals surface area contributed by atoms with Gasteiger partial charge in [-0.3, -0.25) is 4.79 Å². The third-order valence-corrected chi connectivity index (χ3v) is 5.18. The summed E-state index contributed by atoms with van der Waals surface area (Å²) >= 11 is 11.9. The van der Waals surface area contributed by atoms with E-state index in [-0.39, 0.29) is 24.0 Å². The molecule has 4 rings (SSSR count). The minimum absolute atomic E-state index is 0.0603. The number of nitrogens with zero attached hydrogens (tertiary/aromatic N) is 5. The molecule has 0 bridgehead atoms. The van der Waals surface area contributed by atoms with Gasteiger partial charge in [0.05, 0.1) is 18.2 Å². The maximum Gasteiger partial charge on any atom is 0.246 e. The van der Waals surface area contributed by atoms with Gasteiger partial charge in [-0.05, 0) is 17.3 Å². The molecule has 29 heavy (non-hydrogen) atoms. The normalized spacial score (nSPS) is 16.8. The Bertz CT molecular complexity index is 1030. The third kappa shape index (κ3) is 4.39. The van der Waals surface area contributed by atoms with Crippen LogP contribution in [0, 0.1) is 5.82 Å². The molecule has 150 valence electrons. The van der Waals surface area contributed by atoms with Crippen LogP contribution < -0.4 is 0 Å². The van der Waals surface area contributed by atoms with Crippen LogP contribution in [-0.2, 0) is 16.1 Å². The van der Waals surface area contributed by atoms with Crippen molar-refractivity contribution < 1.29 is 13.9 Å². The molecule has 0 saturated carbocycles. The Labute approximate surface area is 176 Å². The van der Waals surface area contributed by atoms with E-state index in [0.717, 1.165) is 5.56 Å². The molecule has 0 radical (unpaired) electrons. The lowest BCUT2D eigenvalue weighted by Crippen LogP contribution is -2.44. The summed E-state index contributed by atoms with van der Waals surface area (Å²) in [6.07, 6.45) is -0.546. The molecule has 10 heteroatoms. The number of halogens is 3. The van der Waals surface area contributed by atoms with Crippen LogP contribution in [0.4, 0.5) is 4.39 Å². The second-order valence-electron chi connectivity index (χ2n) is 6.50. The van der Waals surface area contributed by atoms with E-state index in [2.05, 4.69) is 15.4 Å². The van der Waals surface area contributed by atoms with Gasteiger partial charge in [0.2, 0.25) is 11.7 Å². The average Bonchev–Trinajstić information content (AvgIpc) is 3.20. The number of benzene rings is 2. The summed E-state index contributed by atoms with van der Waals surface area (Å²) in [7, 11) is 0. The number of aromatic nitrogens is 4. The van der Waals surface area contributed by atoms with Crippen molar-refractivity contribution in [3.05, 3.63) is 63.9 Å². The Balaban J connectivity index is 1.44. The predicted molar refractivity (Wildman–Crippen MR) is 105 cm³/mol. The number of morpholine rings is 1. The molecule has 1 aromatic heterocycles. The first kappa shape index (κ1) is 19.8. The van der Waals surface area contributed by atoms with Gasteiger partial charge in [-0.15, -0.1) is 10.2 Å². The predicted octanol–water partition coefficient (Wildman–Crippen LogP) is 3.39. The first-order valence-corrected chi connectivity index (χ1v) is 9.64. The van der Waals surface area contributed by atoms with E-state index in [4.69, 9.17) is 27.9 Å². The van der Waals surface area contributed by atoms with Crippen LogP contribution in [0.2, 0.25) is 10.0 Å². The lowest BCUT2D eigenvalue weighted by molar-refractivity contribution is -0.140. The van der Waals surface area contributed by atoms with E-state index in [1.807, 2.05) is 30.3 Å². The van der Waals surface area contributed by atoms with Crippen LogP contribution in [0.3, 0.4) is 0 Å². The fourth-order valence-corrected chi connectivity index (χ4v) is 3.59. The van der Waals surface area contributed by atoms with Crippen molar-refractivity contribution in [3.8, 4) is 11.4 Å². The number of hydrogen-bond donors (Lipinski definition) is 0. The van der Waals surface area contributed by atoms with Crippen molar-refractivity contribution in [3.63, 3.8) is 0 Å². The second-order valence-corrected chi connectivity index (χ2v) is 7.31. The molecule has 2 heterocycles. The standard InChI is InChI=1S/C19H16Cl2FN5O2/c20-14-9-15(21)16(22)8-13(14)17-10-26(6-7-29-17)18(28)11-27-24-19(23-25-27)12-4-2-1-3-5-12/h1-5,8-9,17H,6-7,10-11H2. The van der Waals surface area contributed by atoms with Crippen molar-refractivity contribution in [1.82, 2.24) is 25.1 Å². The summed E-state index contributed by atoms with van der Waals surface area (Å²) in [4.78, 5) is 15.6. The van der Waals surface area contributed by atoms with E-state index >= 15 is 0 Å². The maximum absolute atomic E-state index is 13.8. The lowest BCUT2D eigenvalue weighted by Gasteiger charge is -2.33. The zero-order valence-corrected chi connectivity index (χ0v) is 16.6. The van der Waals surface area contributed by atoms with E-state index < -0.39 is 11.9 Å². The van der Waals surface area contributed by atoms with Crippen molar-refractivity contribution >= 4 is 29.1 Å². The summed E-state index contributed by atoms with van der Waals surface area (Å²) in [6.45, 7) is 0.884. The molecule has 1 aliphatic rings. The molecule has 2 aromatic carbocycles. The molecule has 1 saturated heterocycles. The monoisotopic (exact) mass is 435 g/mol. The SMILES string of the molecule is O=C(Cn1nnc(-c2ccccc2)n1)N1CCOC(c2cc(F)c(Cl)cc2Cl)C1. The molecule has 7 nitrogen and oxygen atoms in total. The van der Waals surface area contributed by atoms with Crippen LogP contribution in [0.1, 0.15) is 11.7 Å². The minimum Gasteiger partial charge on any atom is -0.370 e. The van der Waals surface area contributed by atoms with Gasteiger partial charge in [0.15, 0.2) is 0 Å². The van der Waals surface area contributed by atoms with Gasteiger partial charge in [0.25, 0.3) is 0 Å². The van der Waals surface area contributed by atoms with Crippen molar-refractivity contribution in [1.29, 1.82) is 0 Å². The summed E-state index contributed by atoms with van der Waals surface area (Å²) in [5.41, 5.74) is 1.27. The minimum atomic E-state index is -0.585. The fraction of sp³-hybridized carbons (Fsp3) is 0.263. The first-order valence-electron chi connectivity index (χ1n) is 8.88. The van der Waals surface area contributed by atoms with Crippen LogP contribution in [-0.4, -0.2) is 50.7 Å². The maximum atomic E-state index is 13.8. The largest absolute Gasteiger partial charge is 0.370 e. The number of carbonyl (C=O) groups excluding carboxylic acids is 1. The van der Waals surface area contributed by atoms with Gasteiger partial charge in [0, 0.05) is 22.7 Å². The zero-order valence-electron chi connectivity index (χ0n) is 15.1. The van der Waals surface area contributed by atoms with Crippen LogP contribution in [0.25, 0.3) is 11.4 Å². The molecule has 0 spiro atoms. The summed E-state index contributed by atoms with van der Waals surface area (Å²) in [6, 6.07) is 12.0. The quantitative estimate of drug-likeness (QED) is 0.587. The average molecular weight is 436 g/mol. The number of tetrazole rings is 1. The highest BCUT2D eigenvalue weighted by Crippen LogP contribution is 2.32. The molecule has 1 amide bonds. The van der Waals surface area contributed by atoms with E-state index in [0.29, 0.717) is 29.6 Å². The van der Waals surface area contributed by atoms with Gasteiger partial charge < -0.3 is 9.64 Å². The number of amides is 1. The number of carbonyl (C=O) groups is 1. The number of rotatable bonds is 4. The van der Waals surface area contributed by atoms with Crippen molar-refractivity contribution in [2.45, 2.75) is 12.6 Å². The molecular weight excluding hydrogens is 420 g/mol. The molecule has 1 atom stereocenters. The van der Waals surface area contributed by atoms with Gasteiger partial charge in [0.1, 0.15) is 18.5 Å². The highest BCUT2D eigenvalue weighted by molar-refractivity contribution is 6.35. The van der Waals surface area contributed by atoms with Gasteiger partial charge in [-0.25, -0.2) is 4.39 Å². The smallest absolute Gasteiger partial charge is 0.246 e. The Morgan fingerprint density at radius 1 is 1.21 bits per heavy atom. The van der Waals surface area contributed by atoms with Crippen LogP contribution >= 0.6 is 23.2 Å². The van der Waals surface area contributed by atoms with Gasteiger partial charge in [-0.1, -0.05) is 53.5 Å². The van der Waals surface area contributed by atoms with Crippen LogP contribution in [0.5, 0.6) is 0 Å². The summed E-state index contributed by atoms with van der Waals surface area (Å²) in [5, 5.41) is 12.4. The molecule has 1 fully saturated rings. The van der Waals surface area contributed by atoms with Crippen LogP contribution in [0.15, 0.2) is 42.5 Å². The fourth-order valence-electron chi connectivity index (χ4n) is 3.08. The van der Waals surface area contributed by atoms with Gasteiger partial charge in [-0.2, -0.15) is 4.80 Å². The second kappa shape index (κ2) is 8.44. The highest BCUT2D eigenvalue weighted by atomic mass is 35.5. The molecule has 0 aliphatic carbocycles. The number of hydrogen-bond acceptors (Lipinski definition) is 5.